The average Bonchev–Trinajstić information content (AvgIpc) is 3.03. The highest BCUT2D eigenvalue weighted by atomic mass is 32.2. The summed E-state index contributed by atoms with van der Waals surface area (Å²) in [6.07, 6.45) is -3.19. The highest BCUT2D eigenvalue weighted by molar-refractivity contribution is 7.99. The normalized spacial score (nSPS) is 29.3. The number of aliphatic hydroxyl groups is 3. The quantitative estimate of drug-likeness (QED) is 0.805. The van der Waals surface area contributed by atoms with E-state index in [0.717, 1.165) is 10.4 Å². The summed E-state index contributed by atoms with van der Waals surface area (Å²) in [5.74, 6) is 0.981. The van der Waals surface area contributed by atoms with Crippen molar-refractivity contribution < 1.29 is 20.1 Å². The smallest absolute Gasteiger partial charge is 0.173 e. The van der Waals surface area contributed by atoms with Gasteiger partial charge in [-0.15, -0.1) is 23.1 Å². The van der Waals surface area contributed by atoms with Crippen LogP contribution in [0.1, 0.15) is 0 Å². The van der Waals surface area contributed by atoms with Gasteiger partial charge in [-0.25, -0.2) is 0 Å². The molecule has 4 atom stereocenters. The number of thioether (sulfide) groups is 1. The molecule has 4 nitrogen and oxygen atoms in total. The summed E-state index contributed by atoms with van der Waals surface area (Å²) in [6, 6.07) is 11.7. The maximum absolute atomic E-state index is 9.97. The van der Waals surface area contributed by atoms with E-state index in [1.165, 1.54) is 11.8 Å². The number of ether oxygens (including phenoxy) is 1. The second kappa shape index (κ2) is 6.37. The van der Waals surface area contributed by atoms with Crippen LogP contribution in [0.5, 0.6) is 5.75 Å². The zero-order valence-corrected chi connectivity index (χ0v) is 12.8. The van der Waals surface area contributed by atoms with Gasteiger partial charge in [-0.1, -0.05) is 18.2 Å². The number of aliphatic hydroxyl groups excluding tert-OH is 3. The Morgan fingerprint density at radius 2 is 1.90 bits per heavy atom. The van der Waals surface area contributed by atoms with Crippen LogP contribution in [-0.4, -0.2) is 44.8 Å². The molecule has 0 saturated carbocycles. The van der Waals surface area contributed by atoms with E-state index in [9.17, 15) is 15.3 Å². The van der Waals surface area contributed by atoms with Crippen LogP contribution >= 0.6 is 23.1 Å². The van der Waals surface area contributed by atoms with E-state index >= 15 is 0 Å². The van der Waals surface area contributed by atoms with E-state index in [4.69, 9.17) is 4.74 Å². The predicted octanol–water partition coefficient (Wildman–Crippen LogP) is 1.95. The minimum atomic E-state index is -1.17. The molecule has 1 fully saturated rings. The fourth-order valence-corrected chi connectivity index (χ4v) is 4.03. The van der Waals surface area contributed by atoms with Crippen LogP contribution in [0.4, 0.5) is 0 Å². The van der Waals surface area contributed by atoms with E-state index in [0.29, 0.717) is 11.5 Å². The summed E-state index contributed by atoms with van der Waals surface area (Å²) < 4.78 is 5.77. The van der Waals surface area contributed by atoms with Gasteiger partial charge in [-0.05, 0) is 29.1 Å². The Hall–Kier alpha value is -1.05. The van der Waals surface area contributed by atoms with Crippen molar-refractivity contribution >= 4 is 23.1 Å². The molecule has 0 amide bonds. The lowest BCUT2D eigenvalue weighted by Crippen LogP contribution is -2.50. The highest BCUT2D eigenvalue weighted by Gasteiger charge is 2.38. The van der Waals surface area contributed by atoms with Crippen molar-refractivity contribution in [2.45, 2.75) is 23.7 Å². The molecule has 1 aromatic heterocycles. The Labute approximate surface area is 131 Å². The van der Waals surface area contributed by atoms with E-state index in [-0.39, 0.29) is 0 Å². The van der Waals surface area contributed by atoms with Crippen molar-refractivity contribution in [1.29, 1.82) is 0 Å². The van der Waals surface area contributed by atoms with Gasteiger partial charge in [-0.2, -0.15) is 0 Å². The number of benzene rings is 1. The molecule has 0 bridgehead atoms. The van der Waals surface area contributed by atoms with Crippen LogP contribution in [0.15, 0.2) is 41.8 Å². The van der Waals surface area contributed by atoms with Gasteiger partial charge >= 0.3 is 0 Å². The van der Waals surface area contributed by atoms with Crippen LogP contribution in [-0.2, 0) is 0 Å². The molecule has 1 aliphatic rings. The van der Waals surface area contributed by atoms with E-state index in [1.54, 1.807) is 11.3 Å². The predicted molar refractivity (Wildman–Crippen MR) is 84.6 cm³/mol. The van der Waals surface area contributed by atoms with Gasteiger partial charge in [0.05, 0.1) is 6.10 Å². The fourth-order valence-electron chi connectivity index (χ4n) is 2.18. The first-order valence-electron chi connectivity index (χ1n) is 6.61. The SMILES string of the molecule is O[C@@H]1[C@@H](O)[C@H](Oc2cccc(-c3cccs3)c2)SC[C@H]1O. The third kappa shape index (κ3) is 3.25. The lowest BCUT2D eigenvalue weighted by Gasteiger charge is -2.34. The van der Waals surface area contributed by atoms with Crippen LogP contribution < -0.4 is 4.74 Å². The third-order valence-electron chi connectivity index (χ3n) is 3.35. The lowest BCUT2D eigenvalue weighted by molar-refractivity contribution is -0.0786. The van der Waals surface area contributed by atoms with Gasteiger partial charge in [0.1, 0.15) is 18.0 Å². The summed E-state index contributed by atoms with van der Waals surface area (Å²) in [7, 11) is 0. The first kappa shape index (κ1) is 14.9. The molecule has 0 unspecified atom stereocenters. The van der Waals surface area contributed by atoms with Gasteiger partial charge < -0.3 is 20.1 Å². The molecule has 1 saturated heterocycles. The molecule has 1 aliphatic heterocycles. The van der Waals surface area contributed by atoms with E-state index in [2.05, 4.69) is 0 Å². The maximum atomic E-state index is 9.97. The van der Waals surface area contributed by atoms with Gasteiger partial charge in [0, 0.05) is 10.6 Å². The Balaban J connectivity index is 1.75. The molecule has 2 heterocycles. The molecule has 21 heavy (non-hydrogen) atoms. The summed E-state index contributed by atoms with van der Waals surface area (Å²) >= 11 is 2.95. The monoisotopic (exact) mass is 324 g/mol. The molecule has 0 spiro atoms. The van der Waals surface area contributed by atoms with Crippen molar-refractivity contribution in [3.05, 3.63) is 41.8 Å². The van der Waals surface area contributed by atoms with Crippen molar-refractivity contribution in [2.75, 3.05) is 5.75 Å². The lowest BCUT2D eigenvalue weighted by atomic mass is 10.1. The zero-order valence-electron chi connectivity index (χ0n) is 11.1. The second-order valence-corrected chi connectivity index (χ2v) is 6.95. The minimum absolute atomic E-state index is 0.341. The topological polar surface area (TPSA) is 69.9 Å². The van der Waals surface area contributed by atoms with Crippen molar-refractivity contribution in [3.63, 3.8) is 0 Å². The average molecular weight is 324 g/mol. The molecule has 0 aliphatic carbocycles. The largest absolute Gasteiger partial charge is 0.477 e. The molecular weight excluding hydrogens is 308 g/mol. The summed E-state index contributed by atoms with van der Waals surface area (Å²) in [5, 5.41) is 31.2. The number of hydrogen-bond acceptors (Lipinski definition) is 6. The van der Waals surface area contributed by atoms with Crippen molar-refractivity contribution in [2.24, 2.45) is 0 Å². The third-order valence-corrected chi connectivity index (χ3v) is 5.50. The second-order valence-electron chi connectivity index (χ2n) is 4.87. The van der Waals surface area contributed by atoms with Gasteiger partial charge in [-0.3, -0.25) is 0 Å². The van der Waals surface area contributed by atoms with Gasteiger partial charge in [0.2, 0.25) is 0 Å². The molecular formula is C15H16O4S2. The Kier molecular flexibility index (Phi) is 4.51. The number of rotatable bonds is 3. The van der Waals surface area contributed by atoms with E-state index < -0.39 is 23.7 Å². The van der Waals surface area contributed by atoms with Crippen LogP contribution in [0, 0.1) is 0 Å². The maximum Gasteiger partial charge on any atom is 0.173 e. The summed E-state index contributed by atoms with van der Waals surface area (Å²) in [6.45, 7) is 0. The number of thiophene rings is 1. The van der Waals surface area contributed by atoms with Gasteiger partial charge in [0.15, 0.2) is 5.44 Å². The molecule has 6 heteroatoms. The fraction of sp³-hybridized carbons (Fsp3) is 0.333. The Morgan fingerprint density at radius 3 is 2.67 bits per heavy atom. The first-order chi connectivity index (χ1) is 10.1. The summed E-state index contributed by atoms with van der Waals surface area (Å²) in [5.41, 5.74) is 0.473. The molecule has 112 valence electrons. The van der Waals surface area contributed by atoms with Gasteiger partial charge in [0.25, 0.3) is 0 Å². The Bertz CT molecular complexity index is 587. The molecule has 2 aromatic rings. The van der Waals surface area contributed by atoms with Crippen LogP contribution in [0.25, 0.3) is 10.4 Å². The standard InChI is InChI=1S/C15H16O4S2/c16-11-8-21-15(14(18)13(11)17)19-10-4-1-3-9(7-10)12-5-2-6-20-12/h1-7,11,13-18H,8H2/t11-,13+,14-,15-/m1/s1. The molecule has 3 N–H and O–H groups in total. The summed E-state index contributed by atoms with van der Waals surface area (Å²) in [4.78, 5) is 1.15. The van der Waals surface area contributed by atoms with E-state index in [1.807, 2.05) is 41.8 Å². The highest BCUT2D eigenvalue weighted by Crippen LogP contribution is 2.32. The van der Waals surface area contributed by atoms with Crippen molar-refractivity contribution in [3.8, 4) is 16.2 Å². The molecule has 1 aromatic carbocycles. The molecule has 3 rings (SSSR count). The van der Waals surface area contributed by atoms with Crippen molar-refractivity contribution in [1.82, 2.24) is 0 Å². The van der Waals surface area contributed by atoms with Crippen LogP contribution in [0.3, 0.4) is 0 Å². The van der Waals surface area contributed by atoms with Crippen LogP contribution in [0.2, 0.25) is 0 Å². The molecule has 0 radical (unpaired) electrons. The zero-order chi connectivity index (χ0) is 14.8. The minimum Gasteiger partial charge on any atom is -0.477 e. The first-order valence-corrected chi connectivity index (χ1v) is 8.54. The number of hydrogen-bond donors (Lipinski definition) is 3. The Morgan fingerprint density at radius 1 is 1.05 bits per heavy atom.